The zero-order chi connectivity index (χ0) is 13.8. The van der Waals surface area contributed by atoms with Gasteiger partial charge in [-0.1, -0.05) is 0 Å². The molecular formula is C9H6F4O4S. The standard InChI is InChI=1S/C9H6F4O4S/c1-8(9(10,11)12)16-6-3-2-5(18(13,14)15)4-7(6)17-8/h2-4H,1H3. The van der Waals surface area contributed by atoms with E-state index in [1.165, 1.54) is 0 Å². The van der Waals surface area contributed by atoms with Crippen LogP contribution >= 0.6 is 0 Å². The third-order valence-electron chi connectivity index (χ3n) is 2.32. The van der Waals surface area contributed by atoms with E-state index in [0.717, 1.165) is 12.1 Å². The number of halogens is 4. The highest BCUT2D eigenvalue weighted by atomic mass is 32.3. The highest BCUT2D eigenvalue weighted by Crippen LogP contribution is 2.46. The number of benzene rings is 1. The first-order chi connectivity index (χ1) is 8.03. The molecule has 4 nitrogen and oxygen atoms in total. The fourth-order valence-electron chi connectivity index (χ4n) is 1.36. The summed E-state index contributed by atoms with van der Waals surface area (Å²) in [7, 11) is -5.01. The van der Waals surface area contributed by atoms with Crippen molar-refractivity contribution in [3.63, 3.8) is 0 Å². The van der Waals surface area contributed by atoms with Crippen molar-refractivity contribution < 1.29 is 34.9 Å². The Morgan fingerprint density at radius 3 is 2.22 bits per heavy atom. The summed E-state index contributed by atoms with van der Waals surface area (Å²) >= 11 is 0. The molecular weight excluding hydrogens is 280 g/mol. The van der Waals surface area contributed by atoms with Crippen LogP contribution in [0.4, 0.5) is 17.1 Å². The van der Waals surface area contributed by atoms with Crippen LogP contribution in [0.15, 0.2) is 23.1 Å². The SMILES string of the molecule is CC1(C(F)(F)F)Oc2ccc(S(=O)(=O)F)cc2O1. The average molecular weight is 286 g/mol. The molecule has 0 bridgehead atoms. The van der Waals surface area contributed by atoms with Crippen LogP contribution in [-0.4, -0.2) is 20.4 Å². The quantitative estimate of drug-likeness (QED) is 0.587. The molecule has 9 heteroatoms. The predicted octanol–water partition coefficient (Wildman–Crippen LogP) is 2.39. The summed E-state index contributed by atoms with van der Waals surface area (Å²) in [6.07, 6.45) is -4.82. The number of rotatable bonds is 1. The maximum Gasteiger partial charge on any atom is 0.467 e. The zero-order valence-corrected chi connectivity index (χ0v) is 9.60. The summed E-state index contributed by atoms with van der Waals surface area (Å²) < 4.78 is 80.8. The maximum absolute atomic E-state index is 12.7. The van der Waals surface area contributed by atoms with E-state index in [4.69, 9.17) is 0 Å². The molecule has 0 aliphatic carbocycles. The van der Waals surface area contributed by atoms with Crippen LogP contribution in [0.3, 0.4) is 0 Å². The van der Waals surface area contributed by atoms with Crippen molar-refractivity contribution in [2.24, 2.45) is 0 Å². The van der Waals surface area contributed by atoms with Gasteiger partial charge in [-0.2, -0.15) is 21.6 Å². The minimum atomic E-state index is -5.01. The van der Waals surface area contributed by atoms with Gasteiger partial charge in [-0.25, -0.2) is 0 Å². The van der Waals surface area contributed by atoms with Gasteiger partial charge in [0.05, 0.1) is 0 Å². The molecule has 2 rings (SSSR count). The molecule has 0 saturated carbocycles. The minimum absolute atomic E-state index is 0.303. The molecule has 1 heterocycles. The molecule has 1 aromatic rings. The Balaban J connectivity index is 2.43. The Morgan fingerprint density at radius 1 is 1.17 bits per heavy atom. The molecule has 0 radical (unpaired) electrons. The first-order valence-corrected chi connectivity index (χ1v) is 5.95. The molecule has 1 atom stereocenters. The van der Waals surface area contributed by atoms with Gasteiger partial charge in [0.25, 0.3) is 0 Å². The molecule has 0 aromatic heterocycles. The summed E-state index contributed by atoms with van der Waals surface area (Å²) in [4.78, 5) is -0.795. The second kappa shape index (κ2) is 3.50. The molecule has 0 fully saturated rings. The predicted molar refractivity (Wildman–Crippen MR) is 50.5 cm³/mol. The lowest BCUT2D eigenvalue weighted by Gasteiger charge is -2.25. The van der Waals surface area contributed by atoms with Crippen LogP contribution in [0, 0.1) is 0 Å². The maximum atomic E-state index is 12.7. The summed E-state index contributed by atoms with van der Waals surface area (Å²) in [6.45, 7) is 0.636. The van der Waals surface area contributed by atoms with Crippen molar-refractivity contribution in [3.05, 3.63) is 18.2 Å². The normalized spacial score (nSPS) is 23.2. The summed E-state index contributed by atoms with van der Waals surface area (Å²) in [5.74, 6) is -3.69. The molecule has 1 aliphatic rings. The smallest absolute Gasteiger partial charge is 0.441 e. The Labute approximate surface area is 99.3 Å². The summed E-state index contributed by atoms with van der Waals surface area (Å²) in [5, 5.41) is 0. The van der Waals surface area contributed by atoms with E-state index >= 15 is 0 Å². The molecule has 0 amide bonds. The molecule has 1 aliphatic heterocycles. The lowest BCUT2D eigenvalue weighted by molar-refractivity contribution is -0.300. The second-order valence-electron chi connectivity index (χ2n) is 3.69. The van der Waals surface area contributed by atoms with Crippen molar-refractivity contribution in [2.75, 3.05) is 0 Å². The second-order valence-corrected chi connectivity index (χ2v) is 5.04. The Kier molecular flexibility index (Phi) is 2.51. The van der Waals surface area contributed by atoms with Gasteiger partial charge < -0.3 is 9.47 Å². The number of hydrogen-bond acceptors (Lipinski definition) is 4. The van der Waals surface area contributed by atoms with Crippen molar-refractivity contribution >= 4 is 10.2 Å². The van der Waals surface area contributed by atoms with Crippen LogP contribution in [0.1, 0.15) is 6.92 Å². The number of ether oxygens (including phenoxy) is 2. The summed E-state index contributed by atoms with van der Waals surface area (Å²) in [6, 6.07) is 2.33. The highest BCUT2D eigenvalue weighted by molar-refractivity contribution is 7.86. The lowest BCUT2D eigenvalue weighted by Crippen LogP contribution is -2.49. The van der Waals surface area contributed by atoms with Gasteiger partial charge in [-0.05, 0) is 12.1 Å². The van der Waals surface area contributed by atoms with Gasteiger partial charge >= 0.3 is 22.2 Å². The molecule has 1 aromatic carbocycles. The van der Waals surface area contributed by atoms with Crippen LogP contribution in [0.25, 0.3) is 0 Å². The third-order valence-corrected chi connectivity index (χ3v) is 3.14. The molecule has 1 unspecified atom stereocenters. The van der Waals surface area contributed by atoms with Crippen LogP contribution in [0.2, 0.25) is 0 Å². The fraction of sp³-hybridized carbons (Fsp3) is 0.333. The molecule has 18 heavy (non-hydrogen) atoms. The molecule has 0 saturated heterocycles. The first-order valence-electron chi connectivity index (χ1n) is 4.56. The van der Waals surface area contributed by atoms with Crippen molar-refractivity contribution in [1.82, 2.24) is 0 Å². The van der Waals surface area contributed by atoms with E-state index in [1.54, 1.807) is 0 Å². The minimum Gasteiger partial charge on any atom is -0.441 e. The van der Waals surface area contributed by atoms with Gasteiger partial charge in [0.2, 0.25) is 0 Å². The van der Waals surface area contributed by atoms with Gasteiger partial charge in [-0.15, -0.1) is 3.89 Å². The number of alkyl halides is 3. The van der Waals surface area contributed by atoms with Gasteiger partial charge in [0.1, 0.15) is 4.90 Å². The van der Waals surface area contributed by atoms with E-state index in [1.807, 2.05) is 0 Å². The van der Waals surface area contributed by atoms with Crippen molar-refractivity contribution in [3.8, 4) is 11.5 Å². The van der Waals surface area contributed by atoms with Crippen LogP contribution < -0.4 is 9.47 Å². The highest BCUT2D eigenvalue weighted by Gasteiger charge is 2.60. The Bertz CT molecular complexity index is 595. The Morgan fingerprint density at radius 2 is 1.72 bits per heavy atom. The van der Waals surface area contributed by atoms with Crippen molar-refractivity contribution in [2.45, 2.75) is 23.8 Å². The summed E-state index contributed by atoms with van der Waals surface area (Å²) in [5.41, 5.74) is 0. The van der Waals surface area contributed by atoms with E-state index < -0.39 is 32.8 Å². The van der Waals surface area contributed by atoms with Gasteiger partial charge in [0, 0.05) is 13.0 Å². The number of fused-ring (bicyclic) bond motifs is 1. The zero-order valence-electron chi connectivity index (χ0n) is 8.79. The number of hydrogen-bond donors (Lipinski definition) is 0. The van der Waals surface area contributed by atoms with E-state index in [9.17, 15) is 25.5 Å². The third kappa shape index (κ3) is 1.98. The van der Waals surface area contributed by atoms with Crippen LogP contribution in [0.5, 0.6) is 11.5 Å². The van der Waals surface area contributed by atoms with E-state index in [0.29, 0.717) is 13.0 Å². The van der Waals surface area contributed by atoms with Crippen molar-refractivity contribution in [1.29, 1.82) is 0 Å². The molecule has 0 spiro atoms. The average Bonchev–Trinajstić information content (AvgIpc) is 2.51. The monoisotopic (exact) mass is 286 g/mol. The van der Waals surface area contributed by atoms with Gasteiger partial charge in [-0.3, -0.25) is 0 Å². The fourth-order valence-corrected chi connectivity index (χ4v) is 1.84. The topological polar surface area (TPSA) is 52.6 Å². The van der Waals surface area contributed by atoms with E-state index in [2.05, 4.69) is 9.47 Å². The molecule has 0 N–H and O–H groups in total. The largest absolute Gasteiger partial charge is 0.467 e. The van der Waals surface area contributed by atoms with Crippen LogP contribution in [-0.2, 0) is 10.2 Å². The van der Waals surface area contributed by atoms with E-state index in [-0.39, 0.29) is 5.75 Å². The molecule has 100 valence electrons. The lowest BCUT2D eigenvalue weighted by atomic mass is 10.3. The first kappa shape index (κ1) is 12.9. The Hall–Kier alpha value is -1.51. The van der Waals surface area contributed by atoms with Gasteiger partial charge in [0.15, 0.2) is 11.5 Å².